The standard InChI is InChI=1S/C14H18N2O4/c1-20-9-10-5-2-3-6-11(10)15-13(19)16-14(12(17)18)7-4-8-14/h2-3,5-6H,4,7-9H2,1H3,(H,17,18)(H2,15,16,19). The second-order valence-electron chi connectivity index (χ2n) is 4.91. The van der Waals surface area contributed by atoms with Crippen LogP contribution in [-0.2, 0) is 16.1 Å². The van der Waals surface area contributed by atoms with Crippen LogP contribution < -0.4 is 10.6 Å². The molecule has 0 unspecified atom stereocenters. The molecule has 0 aromatic heterocycles. The van der Waals surface area contributed by atoms with Gasteiger partial charge in [-0.05, 0) is 25.3 Å². The first kappa shape index (κ1) is 14.3. The van der Waals surface area contributed by atoms with Crippen LogP contribution in [0.4, 0.5) is 10.5 Å². The van der Waals surface area contributed by atoms with Crippen LogP contribution in [0.3, 0.4) is 0 Å². The number of benzene rings is 1. The number of amides is 2. The van der Waals surface area contributed by atoms with Crippen molar-refractivity contribution in [2.75, 3.05) is 12.4 Å². The Balaban J connectivity index is 2.03. The topological polar surface area (TPSA) is 87.7 Å². The summed E-state index contributed by atoms with van der Waals surface area (Å²) >= 11 is 0. The minimum atomic E-state index is -1.11. The number of carbonyl (C=O) groups is 2. The molecule has 0 bridgehead atoms. The molecule has 0 radical (unpaired) electrons. The van der Waals surface area contributed by atoms with Crippen molar-refractivity contribution in [1.29, 1.82) is 0 Å². The maximum atomic E-state index is 12.0. The zero-order valence-electron chi connectivity index (χ0n) is 11.3. The van der Waals surface area contributed by atoms with Crippen molar-refractivity contribution in [2.45, 2.75) is 31.4 Å². The zero-order valence-corrected chi connectivity index (χ0v) is 11.3. The maximum Gasteiger partial charge on any atom is 0.329 e. The number of rotatable bonds is 5. The molecule has 0 saturated heterocycles. The normalized spacial score (nSPS) is 16.1. The summed E-state index contributed by atoms with van der Waals surface area (Å²) in [6.07, 6.45) is 1.75. The van der Waals surface area contributed by atoms with E-state index in [1.807, 2.05) is 12.1 Å². The Morgan fingerprint density at radius 2 is 2.05 bits per heavy atom. The van der Waals surface area contributed by atoms with Crippen LogP contribution in [0.25, 0.3) is 0 Å². The molecule has 0 spiro atoms. The van der Waals surface area contributed by atoms with Gasteiger partial charge in [-0.2, -0.15) is 0 Å². The van der Waals surface area contributed by atoms with Gasteiger partial charge in [0, 0.05) is 18.4 Å². The van der Waals surface area contributed by atoms with Gasteiger partial charge in [0.2, 0.25) is 0 Å². The van der Waals surface area contributed by atoms with Crippen molar-refractivity contribution >= 4 is 17.7 Å². The zero-order chi connectivity index (χ0) is 14.6. The summed E-state index contributed by atoms with van der Waals surface area (Å²) in [7, 11) is 1.57. The highest BCUT2D eigenvalue weighted by Gasteiger charge is 2.45. The molecule has 2 rings (SSSR count). The predicted octanol–water partition coefficient (Wildman–Crippen LogP) is 1.96. The number of aliphatic carboxylic acids is 1. The van der Waals surface area contributed by atoms with E-state index in [1.165, 1.54) is 0 Å². The molecule has 0 atom stereocenters. The van der Waals surface area contributed by atoms with Gasteiger partial charge in [0.1, 0.15) is 5.54 Å². The maximum absolute atomic E-state index is 12.0. The van der Waals surface area contributed by atoms with Crippen LogP contribution >= 0.6 is 0 Å². The van der Waals surface area contributed by atoms with E-state index in [9.17, 15) is 14.7 Å². The van der Waals surface area contributed by atoms with Gasteiger partial charge in [-0.1, -0.05) is 18.2 Å². The van der Waals surface area contributed by atoms with E-state index in [0.717, 1.165) is 12.0 Å². The summed E-state index contributed by atoms with van der Waals surface area (Å²) in [6.45, 7) is 0.376. The quantitative estimate of drug-likeness (QED) is 0.768. The molecule has 0 heterocycles. The third-order valence-corrected chi connectivity index (χ3v) is 3.53. The van der Waals surface area contributed by atoms with E-state index < -0.39 is 17.5 Å². The fourth-order valence-electron chi connectivity index (χ4n) is 2.22. The Morgan fingerprint density at radius 3 is 2.60 bits per heavy atom. The van der Waals surface area contributed by atoms with Crippen LogP contribution in [0.15, 0.2) is 24.3 Å². The summed E-state index contributed by atoms with van der Waals surface area (Å²) in [5.41, 5.74) is 0.343. The highest BCUT2D eigenvalue weighted by Crippen LogP contribution is 2.32. The van der Waals surface area contributed by atoms with Crippen molar-refractivity contribution in [3.63, 3.8) is 0 Å². The molecule has 108 valence electrons. The van der Waals surface area contributed by atoms with Crippen molar-refractivity contribution in [3.8, 4) is 0 Å². The first-order chi connectivity index (χ1) is 9.57. The summed E-state index contributed by atoms with van der Waals surface area (Å²) in [6, 6.07) is 6.74. The minimum absolute atomic E-state index is 0.376. The number of methoxy groups -OCH3 is 1. The van der Waals surface area contributed by atoms with E-state index in [4.69, 9.17) is 4.74 Å². The van der Waals surface area contributed by atoms with Gasteiger partial charge in [0.05, 0.1) is 6.61 Å². The molecule has 6 heteroatoms. The average molecular weight is 278 g/mol. The van der Waals surface area contributed by atoms with Gasteiger partial charge in [-0.15, -0.1) is 0 Å². The van der Waals surface area contributed by atoms with Crippen molar-refractivity contribution in [2.24, 2.45) is 0 Å². The summed E-state index contributed by atoms with van der Waals surface area (Å²) in [5.74, 6) is -0.982. The van der Waals surface area contributed by atoms with Crippen molar-refractivity contribution in [3.05, 3.63) is 29.8 Å². The highest BCUT2D eigenvalue weighted by molar-refractivity contribution is 5.94. The Labute approximate surface area is 117 Å². The molecule has 0 aliphatic heterocycles. The highest BCUT2D eigenvalue weighted by atomic mass is 16.5. The molecule has 20 heavy (non-hydrogen) atoms. The molecule has 1 aromatic rings. The van der Waals surface area contributed by atoms with E-state index in [0.29, 0.717) is 25.1 Å². The Hall–Kier alpha value is -2.08. The summed E-state index contributed by atoms with van der Waals surface area (Å²) in [4.78, 5) is 23.2. The number of carboxylic acid groups (broad SMARTS) is 1. The molecular formula is C14H18N2O4. The van der Waals surface area contributed by atoms with Gasteiger partial charge in [-0.3, -0.25) is 0 Å². The van der Waals surface area contributed by atoms with Crippen LogP contribution in [-0.4, -0.2) is 29.8 Å². The minimum Gasteiger partial charge on any atom is -0.480 e. The molecule has 1 aliphatic carbocycles. The first-order valence-corrected chi connectivity index (χ1v) is 6.47. The summed E-state index contributed by atoms with van der Waals surface area (Å²) in [5, 5.41) is 14.4. The van der Waals surface area contributed by atoms with Crippen LogP contribution in [0.2, 0.25) is 0 Å². The number of hydrogen-bond acceptors (Lipinski definition) is 3. The fourth-order valence-corrected chi connectivity index (χ4v) is 2.22. The Bertz CT molecular complexity index is 512. The molecule has 1 aromatic carbocycles. The number of para-hydroxylation sites is 1. The average Bonchev–Trinajstić information content (AvgIpc) is 2.36. The second-order valence-corrected chi connectivity index (χ2v) is 4.91. The molecule has 2 amide bonds. The summed E-state index contributed by atoms with van der Waals surface area (Å²) < 4.78 is 5.06. The van der Waals surface area contributed by atoms with Crippen LogP contribution in [0.5, 0.6) is 0 Å². The Kier molecular flexibility index (Phi) is 4.24. The van der Waals surface area contributed by atoms with Crippen LogP contribution in [0.1, 0.15) is 24.8 Å². The number of carbonyl (C=O) groups excluding carboxylic acids is 1. The fraction of sp³-hybridized carbons (Fsp3) is 0.429. The van der Waals surface area contributed by atoms with Gasteiger partial charge in [0.25, 0.3) is 0 Å². The number of nitrogens with one attached hydrogen (secondary N) is 2. The lowest BCUT2D eigenvalue weighted by Crippen LogP contribution is -2.60. The largest absolute Gasteiger partial charge is 0.480 e. The SMILES string of the molecule is COCc1ccccc1NC(=O)NC1(C(=O)O)CCC1. The third-order valence-electron chi connectivity index (χ3n) is 3.53. The van der Waals surface area contributed by atoms with Crippen molar-refractivity contribution in [1.82, 2.24) is 5.32 Å². The third kappa shape index (κ3) is 2.91. The monoisotopic (exact) mass is 278 g/mol. The van der Waals surface area contributed by atoms with E-state index >= 15 is 0 Å². The van der Waals surface area contributed by atoms with Gasteiger partial charge < -0.3 is 20.5 Å². The number of ether oxygens (including phenoxy) is 1. The van der Waals surface area contributed by atoms with E-state index in [1.54, 1.807) is 19.2 Å². The molecular weight excluding hydrogens is 260 g/mol. The number of anilines is 1. The molecule has 1 fully saturated rings. The number of urea groups is 1. The van der Waals surface area contributed by atoms with Crippen LogP contribution in [0, 0.1) is 0 Å². The molecule has 6 nitrogen and oxygen atoms in total. The lowest BCUT2D eigenvalue weighted by Gasteiger charge is -2.38. The van der Waals surface area contributed by atoms with E-state index in [2.05, 4.69) is 10.6 Å². The van der Waals surface area contributed by atoms with Gasteiger partial charge in [0.15, 0.2) is 0 Å². The lowest BCUT2D eigenvalue weighted by molar-refractivity contribution is -0.148. The molecule has 1 saturated carbocycles. The number of hydrogen-bond donors (Lipinski definition) is 3. The molecule has 1 aliphatic rings. The van der Waals surface area contributed by atoms with Gasteiger partial charge in [-0.25, -0.2) is 9.59 Å². The second kappa shape index (κ2) is 5.92. The van der Waals surface area contributed by atoms with E-state index in [-0.39, 0.29) is 0 Å². The smallest absolute Gasteiger partial charge is 0.329 e. The lowest BCUT2D eigenvalue weighted by atomic mass is 9.77. The van der Waals surface area contributed by atoms with Gasteiger partial charge >= 0.3 is 12.0 Å². The first-order valence-electron chi connectivity index (χ1n) is 6.47. The number of carboxylic acids is 1. The van der Waals surface area contributed by atoms with Crippen molar-refractivity contribution < 1.29 is 19.4 Å². The predicted molar refractivity (Wildman–Crippen MR) is 73.5 cm³/mol. The Morgan fingerprint density at radius 1 is 1.35 bits per heavy atom. The molecule has 3 N–H and O–H groups in total.